The molecule has 0 atom stereocenters. The average Bonchev–Trinajstić information content (AvgIpc) is 3.07. The molecule has 0 amide bonds. The minimum atomic E-state index is -4.24. The highest BCUT2D eigenvalue weighted by Crippen LogP contribution is 2.50. The van der Waals surface area contributed by atoms with Gasteiger partial charge in [-0.1, -0.05) is 6.92 Å². The monoisotopic (exact) mass is 260 g/mol. The van der Waals surface area contributed by atoms with Gasteiger partial charge in [-0.3, -0.25) is 0 Å². The molecule has 1 fully saturated rings. The minimum Gasteiger partial charge on any atom is -0.356 e. The van der Waals surface area contributed by atoms with Crippen LogP contribution in [0.15, 0.2) is 12.3 Å². The van der Waals surface area contributed by atoms with Crippen LogP contribution in [0.2, 0.25) is 0 Å². The van der Waals surface area contributed by atoms with Crippen LogP contribution in [0.25, 0.3) is 0 Å². The first-order valence-electron chi connectivity index (χ1n) is 5.89. The van der Waals surface area contributed by atoms with Crippen molar-refractivity contribution in [3.8, 4) is 0 Å². The summed E-state index contributed by atoms with van der Waals surface area (Å²) in [6.45, 7) is 2.67. The van der Waals surface area contributed by atoms with E-state index in [1.807, 2.05) is 6.92 Å². The van der Waals surface area contributed by atoms with E-state index < -0.39 is 11.7 Å². The Bertz CT molecular complexity index is 415. The topological polar surface area (TPSA) is 49.8 Å². The Labute approximate surface area is 103 Å². The SMILES string of the molecule is CCCNc1nccc(NC2(C(F)(F)F)CC2)n1. The van der Waals surface area contributed by atoms with Gasteiger partial charge in [-0.2, -0.15) is 18.2 Å². The summed E-state index contributed by atoms with van der Waals surface area (Å²) in [5, 5.41) is 5.41. The van der Waals surface area contributed by atoms with Crippen molar-refractivity contribution in [3.63, 3.8) is 0 Å². The summed E-state index contributed by atoms with van der Waals surface area (Å²) in [6, 6.07) is 1.45. The number of hydrogen-bond acceptors (Lipinski definition) is 4. The molecule has 2 rings (SSSR count). The van der Waals surface area contributed by atoms with Gasteiger partial charge in [-0.15, -0.1) is 0 Å². The molecular weight excluding hydrogens is 245 g/mol. The summed E-state index contributed by atoms with van der Waals surface area (Å²) in [6.07, 6.45) is -1.71. The van der Waals surface area contributed by atoms with E-state index in [0.717, 1.165) is 6.42 Å². The summed E-state index contributed by atoms with van der Waals surface area (Å²) in [7, 11) is 0. The quantitative estimate of drug-likeness (QED) is 0.854. The van der Waals surface area contributed by atoms with Gasteiger partial charge in [0.15, 0.2) is 0 Å². The van der Waals surface area contributed by atoms with Crippen LogP contribution in [0.3, 0.4) is 0 Å². The second kappa shape index (κ2) is 4.62. The molecule has 1 aromatic rings. The Balaban J connectivity index is 2.06. The Morgan fingerprint density at radius 2 is 2.11 bits per heavy atom. The highest BCUT2D eigenvalue weighted by molar-refractivity contribution is 5.44. The largest absolute Gasteiger partial charge is 0.411 e. The van der Waals surface area contributed by atoms with Gasteiger partial charge >= 0.3 is 6.18 Å². The first-order valence-corrected chi connectivity index (χ1v) is 5.89. The third-order valence-corrected chi connectivity index (χ3v) is 2.85. The van der Waals surface area contributed by atoms with E-state index in [4.69, 9.17) is 0 Å². The highest BCUT2D eigenvalue weighted by Gasteiger charge is 2.63. The summed E-state index contributed by atoms with van der Waals surface area (Å²) in [4.78, 5) is 7.96. The van der Waals surface area contributed by atoms with Gasteiger partial charge in [0, 0.05) is 12.7 Å². The normalized spacial score (nSPS) is 17.3. The number of nitrogens with one attached hydrogen (secondary N) is 2. The third-order valence-electron chi connectivity index (χ3n) is 2.85. The first-order chi connectivity index (χ1) is 8.47. The van der Waals surface area contributed by atoms with Gasteiger partial charge in [0.05, 0.1) is 0 Å². The van der Waals surface area contributed by atoms with Crippen LogP contribution in [0.1, 0.15) is 26.2 Å². The molecule has 0 saturated heterocycles. The Morgan fingerprint density at radius 1 is 1.39 bits per heavy atom. The Morgan fingerprint density at radius 3 is 2.67 bits per heavy atom. The second-order valence-electron chi connectivity index (χ2n) is 4.40. The van der Waals surface area contributed by atoms with Gasteiger partial charge in [-0.25, -0.2) is 4.98 Å². The molecular formula is C11H15F3N4. The van der Waals surface area contributed by atoms with Crippen molar-refractivity contribution < 1.29 is 13.2 Å². The molecule has 1 saturated carbocycles. The molecule has 0 radical (unpaired) electrons. The summed E-state index contributed by atoms with van der Waals surface area (Å²) < 4.78 is 38.3. The number of anilines is 2. The number of rotatable bonds is 5. The maximum Gasteiger partial charge on any atom is 0.411 e. The zero-order valence-electron chi connectivity index (χ0n) is 10.0. The maximum absolute atomic E-state index is 12.8. The highest BCUT2D eigenvalue weighted by atomic mass is 19.4. The van der Waals surface area contributed by atoms with Crippen molar-refractivity contribution in [2.45, 2.75) is 37.9 Å². The van der Waals surface area contributed by atoms with Crippen molar-refractivity contribution in [3.05, 3.63) is 12.3 Å². The molecule has 1 aromatic heterocycles. The lowest BCUT2D eigenvalue weighted by Crippen LogP contribution is -2.38. The van der Waals surface area contributed by atoms with Crippen molar-refractivity contribution in [2.24, 2.45) is 0 Å². The zero-order chi connectivity index (χ0) is 13.2. The lowest BCUT2D eigenvalue weighted by Gasteiger charge is -2.21. The van der Waals surface area contributed by atoms with E-state index in [-0.39, 0.29) is 18.7 Å². The molecule has 2 N–H and O–H groups in total. The van der Waals surface area contributed by atoms with Crippen molar-refractivity contribution in [1.82, 2.24) is 9.97 Å². The molecule has 0 unspecified atom stereocenters. The van der Waals surface area contributed by atoms with E-state index >= 15 is 0 Å². The summed E-state index contributed by atoms with van der Waals surface area (Å²) in [5.41, 5.74) is -1.79. The number of alkyl halides is 3. The molecule has 18 heavy (non-hydrogen) atoms. The van der Waals surface area contributed by atoms with Gasteiger partial charge < -0.3 is 10.6 Å². The van der Waals surface area contributed by atoms with E-state index in [1.54, 1.807) is 0 Å². The van der Waals surface area contributed by atoms with Gasteiger partial charge in [-0.05, 0) is 25.3 Å². The lowest BCUT2D eigenvalue weighted by molar-refractivity contribution is -0.151. The van der Waals surface area contributed by atoms with Crippen LogP contribution in [-0.4, -0.2) is 28.2 Å². The summed E-state index contributed by atoms with van der Waals surface area (Å²) >= 11 is 0. The van der Waals surface area contributed by atoms with Crippen molar-refractivity contribution in [2.75, 3.05) is 17.2 Å². The van der Waals surface area contributed by atoms with Crippen LogP contribution < -0.4 is 10.6 Å². The third kappa shape index (κ3) is 2.65. The zero-order valence-corrected chi connectivity index (χ0v) is 10.0. The molecule has 1 aliphatic rings. The predicted molar refractivity (Wildman–Crippen MR) is 62.5 cm³/mol. The van der Waals surface area contributed by atoms with Crippen LogP contribution in [0.4, 0.5) is 24.9 Å². The smallest absolute Gasteiger partial charge is 0.356 e. The molecule has 0 aliphatic heterocycles. The van der Waals surface area contributed by atoms with Crippen LogP contribution in [0.5, 0.6) is 0 Å². The maximum atomic E-state index is 12.8. The van der Waals surface area contributed by atoms with Gasteiger partial charge in [0.1, 0.15) is 11.4 Å². The Kier molecular flexibility index (Phi) is 3.32. The lowest BCUT2D eigenvalue weighted by atomic mass is 10.2. The molecule has 1 heterocycles. The van der Waals surface area contributed by atoms with E-state index in [9.17, 15) is 13.2 Å². The van der Waals surface area contributed by atoms with Crippen LogP contribution >= 0.6 is 0 Å². The number of nitrogens with zero attached hydrogens (tertiary/aromatic N) is 2. The number of aromatic nitrogens is 2. The fourth-order valence-electron chi connectivity index (χ4n) is 1.60. The predicted octanol–water partition coefficient (Wildman–Crippen LogP) is 2.81. The number of hydrogen-bond donors (Lipinski definition) is 2. The molecule has 1 aliphatic carbocycles. The van der Waals surface area contributed by atoms with E-state index in [2.05, 4.69) is 20.6 Å². The molecule has 7 heteroatoms. The molecule has 100 valence electrons. The Hall–Kier alpha value is -1.53. The minimum absolute atomic E-state index is 0.0955. The van der Waals surface area contributed by atoms with Crippen LogP contribution in [0, 0.1) is 0 Å². The van der Waals surface area contributed by atoms with Crippen LogP contribution in [-0.2, 0) is 0 Å². The summed E-state index contributed by atoms with van der Waals surface area (Å²) in [5.74, 6) is 0.554. The van der Waals surface area contributed by atoms with E-state index in [1.165, 1.54) is 12.3 Å². The standard InChI is InChI=1S/C11H15F3N4/c1-2-6-15-9-16-7-3-8(17-9)18-10(4-5-10)11(12,13)14/h3,7H,2,4-6H2,1H3,(H2,15,16,17,18). The van der Waals surface area contributed by atoms with Gasteiger partial charge in [0.2, 0.25) is 5.95 Å². The van der Waals surface area contributed by atoms with Gasteiger partial charge in [0.25, 0.3) is 0 Å². The van der Waals surface area contributed by atoms with Crippen molar-refractivity contribution >= 4 is 11.8 Å². The fourth-order valence-corrected chi connectivity index (χ4v) is 1.60. The fraction of sp³-hybridized carbons (Fsp3) is 0.636. The first kappa shape index (κ1) is 12.9. The van der Waals surface area contributed by atoms with E-state index in [0.29, 0.717) is 12.5 Å². The molecule has 4 nitrogen and oxygen atoms in total. The molecule has 0 spiro atoms. The average molecular weight is 260 g/mol. The molecule has 0 aromatic carbocycles. The molecule has 0 bridgehead atoms. The number of halogens is 3. The second-order valence-corrected chi connectivity index (χ2v) is 4.40. The van der Waals surface area contributed by atoms with Crippen molar-refractivity contribution in [1.29, 1.82) is 0 Å².